The highest BCUT2D eigenvalue weighted by Gasteiger charge is 2.11. The van der Waals surface area contributed by atoms with Gasteiger partial charge < -0.3 is 14.6 Å². The summed E-state index contributed by atoms with van der Waals surface area (Å²) in [6.07, 6.45) is 2.58. The average molecular weight is 377 g/mol. The molecule has 0 aromatic heterocycles. The Labute approximate surface area is 143 Å². The fourth-order valence-corrected chi connectivity index (χ4v) is 2.68. The first-order chi connectivity index (χ1) is 11.0. The summed E-state index contributed by atoms with van der Waals surface area (Å²) in [5.74, 6) is 0.124. The minimum atomic E-state index is -1.00. The first-order valence-corrected chi connectivity index (χ1v) is 7.76. The lowest BCUT2D eigenvalue weighted by molar-refractivity contribution is -0.131. The highest BCUT2D eigenvalue weighted by molar-refractivity contribution is 9.10. The minimum Gasteiger partial charge on any atom is -0.493 e. The molecule has 0 saturated heterocycles. The Kier molecular flexibility index (Phi) is 5.82. The lowest BCUT2D eigenvalue weighted by atomic mass is 10.1. The number of hydrogen-bond acceptors (Lipinski definition) is 3. The fraction of sp³-hybridized carbons (Fsp3) is 0.167. The molecule has 0 bridgehead atoms. The van der Waals surface area contributed by atoms with Crippen LogP contribution in [0, 0.1) is 6.92 Å². The third-order valence-corrected chi connectivity index (χ3v) is 3.72. The van der Waals surface area contributed by atoms with Gasteiger partial charge in [-0.3, -0.25) is 0 Å². The third kappa shape index (κ3) is 4.86. The summed E-state index contributed by atoms with van der Waals surface area (Å²) in [7, 11) is 1.55. The Bertz CT molecular complexity index is 738. The predicted octanol–water partition coefficient (Wildman–Crippen LogP) is 4.44. The van der Waals surface area contributed by atoms with E-state index in [1.165, 1.54) is 11.6 Å². The number of aliphatic carboxylic acids is 1. The summed E-state index contributed by atoms with van der Waals surface area (Å²) >= 11 is 3.45. The summed E-state index contributed by atoms with van der Waals surface area (Å²) in [6, 6.07) is 11.6. The molecule has 0 amide bonds. The summed E-state index contributed by atoms with van der Waals surface area (Å²) in [5.41, 5.74) is 2.94. The van der Waals surface area contributed by atoms with Crippen molar-refractivity contribution in [2.24, 2.45) is 0 Å². The molecule has 0 fully saturated rings. The van der Waals surface area contributed by atoms with Crippen molar-refractivity contribution >= 4 is 28.0 Å². The van der Waals surface area contributed by atoms with Crippen molar-refractivity contribution < 1.29 is 19.4 Å². The number of rotatable bonds is 6. The first kappa shape index (κ1) is 17.1. The van der Waals surface area contributed by atoms with E-state index in [9.17, 15) is 4.79 Å². The van der Waals surface area contributed by atoms with Gasteiger partial charge in [0.25, 0.3) is 0 Å². The van der Waals surface area contributed by atoms with Gasteiger partial charge in [0.05, 0.1) is 11.6 Å². The van der Waals surface area contributed by atoms with Crippen LogP contribution in [0.2, 0.25) is 0 Å². The average Bonchev–Trinajstić information content (AvgIpc) is 2.51. The zero-order chi connectivity index (χ0) is 16.8. The van der Waals surface area contributed by atoms with Gasteiger partial charge >= 0.3 is 5.97 Å². The van der Waals surface area contributed by atoms with Gasteiger partial charge in [0.15, 0.2) is 11.5 Å². The Morgan fingerprint density at radius 1 is 1.30 bits per heavy atom. The molecule has 0 radical (unpaired) electrons. The maximum atomic E-state index is 10.6. The summed E-state index contributed by atoms with van der Waals surface area (Å²) in [5, 5.41) is 8.70. The van der Waals surface area contributed by atoms with Crippen LogP contribution in [-0.2, 0) is 11.4 Å². The van der Waals surface area contributed by atoms with Gasteiger partial charge in [0, 0.05) is 6.08 Å². The molecule has 1 N–H and O–H groups in total. The Morgan fingerprint density at radius 3 is 2.74 bits per heavy atom. The van der Waals surface area contributed by atoms with Crippen LogP contribution in [0.4, 0.5) is 0 Å². The van der Waals surface area contributed by atoms with E-state index in [1.807, 2.05) is 25.1 Å². The molecular formula is C18H17BrO4. The van der Waals surface area contributed by atoms with Gasteiger partial charge in [-0.15, -0.1) is 0 Å². The highest BCUT2D eigenvalue weighted by Crippen LogP contribution is 2.37. The molecule has 0 aliphatic heterocycles. The van der Waals surface area contributed by atoms with Gasteiger partial charge in [-0.25, -0.2) is 4.79 Å². The standard InChI is InChI=1S/C18H17BrO4/c1-12-4-3-5-14(8-12)11-23-18-15(19)9-13(6-7-17(20)21)10-16(18)22-2/h3-10H,11H2,1-2H3,(H,20,21). The van der Waals surface area contributed by atoms with Crippen LogP contribution in [0.25, 0.3) is 6.08 Å². The minimum absolute atomic E-state index is 0.418. The van der Waals surface area contributed by atoms with Crippen LogP contribution in [0.15, 0.2) is 46.9 Å². The molecule has 0 saturated carbocycles. The topological polar surface area (TPSA) is 55.8 Å². The van der Waals surface area contributed by atoms with Crippen molar-refractivity contribution in [3.8, 4) is 11.5 Å². The smallest absolute Gasteiger partial charge is 0.328 e. The molecule has 2 aromatic rings. The van der Waals surface area contributed by atoms with Crippen LogP contribution in [0.1, 0.15) is 16.7 Å². The van der Waals surface area contributed by atoms with Gasteiger partial charge in [0.1, 0.15) is 6.61 Å². The highest BCUT2D eigenvalue weighted by atomic mass is 79.9. The van der Waals surface area contributed by atoms with Crippen molar-refractivity contribution in [1.82, 2.24) is 0 Å². The Hall–Kier alpha value is -2.27. The maximum Gasteiger partial charge on any atom is 0.328 e. The molecule has 0 aliphatic carbocycles. The molecule has 0 spiro atoms. The summed E-state index contributed by atoms with van der Waals surface area (Å²) in [6.45, 7) is 2.45. The van der Waals surface area contributed by atoms with Crippen molar-refractivity contribution in [2.75, 3.05) is 7.11 Å². The second kappa shape index (κ2) is 7.83. The summed E-state index contributed by atoms with van der Waals surface area (Å²) < 4.78 is 11.9. The molecule has 0 unspecified atom stereocenters. The fourth-order valence-electron chi connectivity index (χ4n) is 2.10. The molecule has 4 nitrogen and oxygen atoms in total. The van der Waals surface area contributed by atoms with E-state index in [0.29, 0.717) is 28.1 Å². The van der Waals surface area contributed by atoms with Crippen LogP contribution >= 0.6 is 15.9 Å². The van der Waals surface area contributed by atoms with Gasteiger partial charge in [-0.05, 0) is 52.2 Å². The van der Waals surface area contributed by atoms with Gasteiger partial charge in [-0.1, -0.05) is 29.8 Å². The molecule has 0 heterocycles. The van der Waals surface area contributed by atoms with Crippen LogP contribution in [-0.4, -0.2) is 18.2 Å². The number of carbonyl (C=O) groups is 1. The van der Waals surface area contributed by atoms with E-state index < -0.39 is 5.97 Å². The number of carboxylic acid groups (broad SMARTS) is 1. The number of hydrogen-bond donors (Lipinski definition) is 1. The predicted molar refractivity (Wildman–Crippen MR) is 92.9 cm³/mol. The molecule has 5 heteroatoms. The van der Waals surface area contributed by atoms with E-state index in [1.54, 1.807) is 19.2 Å². The Morgan fingerprint density at radius 2 is 2.09 bits per heavy atom. The third-order valence-electron chi connectivity index (χ3n) is 3.14. The SMILES string of the molecule is COc1cc(C=CC(=O)O)cc(Br)c1OCc1cccc(C)c1. The molecule has 23 heavy (non-hydrogen) atoms. The first-order valence-electron chi connectivity index (χ1n) is 6.96. The largest absolute Gasteiger partial charge is 0.493 e. The molecule has 120 valence electrons. The monoisotopic (exact) mass is 376 g/mol. The molecular weight excluding hydrogens is 360 g/mol. The molecule has 2 aromatic carbocycles. The number of halogens is 1. The summed E-state index contributed by atoms with van der Waals surface area (Å²) in [4.78, 5) is 10.6. The normalized spacial score (nSPS) is 10.7. The number of ether oxygens (including phenoxy) is 2. The van der Waals surface area contributed by atoms with E-state index in [2.05, 4.69) is 22.0 Å². The van der Waals surface area contributed by atoms with Crippen molar-refractivity contribution in [3.63, 3.8) is 0 Å². The van der Waals surface area contributed by atoms with E-state index >= 15 is 0 Å². The van der Waals surface area contributed by atoms with Gasteiger partial charge in [-0.2, -0.15) is 0 Å². The van der Waals surface area contributed by atoms with Crippen molar-refractivity contribution in [3.05, 3.63) is 63.6 Å². The molecule has 2 rings (SSSR count). The van der Waals surface area contributed by atoms with Crippen molar-refractivity contribution in [2.45, 2.75) is 13.5 Å². The van der Waals surface area contributed by atoms with Gasteiger partial charge in [0.2, 0.25) is 0 Å². The zero-order valence-corrected chi connectivity index (χ0v) is 14.5. The second-order valence-electron chi connectivity index (χ2n) is 4.98. The van der Waals surface area contributed by atoms with Crippen molar-refractivity contribution in [1.29, 1.82) is 0 Å². The van der Waals surface area contributed by atoms with Crippen LogP contribution in [0.5, 0.6) is 11.5 Å². The number of aryl methyl sites for hydroxylation is 1. The number of benzene rings is 2. The van der Waals surface area contributed by atoms with E-state index in [-0.39, 0.29) is 0 Å². The quantitative estimate of drug-likeness (QED) is 0.756. The zero-order valence-electron chi connectivity index (χ0n) is 12.9. The van der Waals surface area contributed by atoms with E-state index in [4.69, 9.17) is 14.6 Å². The lowest BCUT2D eigenvalue weighted by Gasteiger charge is -2.14. The second-order valence-corrected chi connectivity index (χ2v) is 5.84. The maximum absolute atomic E-state index is 10.6. The number of carboxylic acids is 1. The lowest BCUT2D eigenvalue weighted by Crippen LogP contribution is -1.99. The molecule has 0 aliphatic rings. The van der Waals surface area contributed by atoms with E-state index in [0.717, 1.165) is 11.6 Å². The van der Waals surface area contributed by atoms with Crippen LogP contribution in [0.3, 0.4) is 0 Å². The molecule has 0 atom stereocenters. The number of methoxy groups -OCH3 is 1. The van der Waals surface area contributed by atoms with Crippen LogP contribution < -0.4 is 9.47 Å². The Balaban J connectivity index is 2.22.